The first-order valence-electron chi connectivity index (χ1n) is 11.4. The summed E-state index contributed by atoms with van der Waals surface area (Å²) in [4.78, 5) is 25.2. The van der Waals surface area contributed by atoms with Crippen LogP contribution < -0.4 is 15.4 Å². The van der Waals surface area contributed by atoms with Gasteiger partial charge in [-0.05, 0) is 54.6 Å². The maximum absolute atomic E-state index is 12.7. The molecule has 38 heavy (non-hydrogen) atoms. The minimum atomic E-state index is -0.420. The Morgan fingerprint density at radius 2 is 1.74 bits per heavy atom. The molecular weight excluding hydrogens is 527 g/mol. The molecule has 2 amide bonds. The van der Waals surface area contributed by atoms with Crippen LogP contribution in [0, 0.1) is 0 Å². The van der Waals surface area contributed by atoms with E-state index in [1.54, 1.807) is 60.7 Å². The third kappa shape index (κ3) is 5.44. The van der Waals surface area contributed by atoms with Crippen molar-refractivity contribution in [3.63, 3.8) is 0 Å². The third-order valence-corrected chi connectivity index (χ3v) is 6.43. The Bertz CT molecular complexity index is 1650. The molecule has 190 valence electrons. The molecule has 0 saturated carbocycles. The van der Waals surface area contributed by atoms with Gasteiger partial charge >= 0.3 is 0 Å². The van der Waals surface area contributed by atoms with Gasteiger partial charge in [0.25, 0.3) is 5.91 Å². The van der Waals surface area contributed by atoms with Gasteiger partial charge in [0.15, 0.2) is 5.76 Å². The lowest BCUT2D eigenvalue weighted by Gasteiger charge is -2.11. The zero-order valence-corrected chi connectivity index (χ0v) is 21.5. The molecule has 9 heteroatoms. The molecule has 0 aliphatic carbocycles. The second-order valence-corrected chi connectivity index (χ2v) is 8.93. The molecule has 0 aliphatic rings. The molecule has 0 bridgehead atoms. The number of hydrogen-bond donors (Lipinski definition) is 2. The molecule has 0 atom stereocenters. The zero-order chi connectivity index (χ0) is 26.6. The van der Waals surface area contributed by atoms with Crippen molar-refractivity contribution in [2.45, 2.75) is 0 Å². The number of nitrogens with one attached hydrogen (secondary N) is 2. The Hall–Kier alpha value is -4.46. The summed E-state index contributed by atoms with van der Waals surface area (Å²) in [5.41, 5.74) is 2.18. The summed E-state index contributed by atoms with van der Waals surface area (Å²) in [7, 11) is 1.47. The van der Waals surface area contributed by atoms with E-state index in [0.717, 1.165) is 5.39 Å². The predicted octanol–water partition coefficient (Wildman–Crippen LogP) is 7.91. The van der Waals surface area contributed by atoms with Crippen LogP contribution in [-0.2, 0) is 4.79 Å². The van der Waals surface area contributed by atoms with E-state index >= 15 is 0 Å². The van der Waals surface area contributed by atoms with Crippen molar-refractivity contribution in [2.24, 2.45) is 0 Å². The smallest absolute Gasteiger partial charge is 0.291 e. The van der Waals surface area contributed by atoms with Crippen molar-refractivity contribution in [2.75, 3.05) is 17.7 Å². The molecule has 2 aromatic heterocycles. The van der Waals surface area contributed by atoms with E-state index in [9.17, 15) is 9.59 Å². The number of anilines is 2. The fraction of sp³-hybridized carbons (Fsp3) is 0.0345. The Morgan fingerprint density at radius 3 is 2.55 bits per heavy atom. The number of carbonyl (C=O) groups excluding carboxylic acids is 2. The predicted molar refractivity (Wildman–Crippen MR) is 149 cm³/mol. The number of amides is 2. The number of furan rings is 2. The van der Waals surface area contributed by atoms with Crippen LogP contribution in [0.4, 0.5) is 11.4 Å². The highest BCUT2D eigenvalue weighted by molar-refractivity contribution is 6.43. The first-order chi connectivity index (χ1) is 18.4. The highest BCUT2D eigenvalue weighted by atomic mass is 35.5. The van der Waals surface area contributed by atoms with Crippen LogP contribution in [0.15, 0.2) is 93.8 Å². The van der Waals surface area contributed by atoms with Crippen molar-refractivity contribution in [1.29, 1.82) is 0 Å². The maximum atomic E-state index is 12.7. The van der Waals surface area contributed by atoms with Gasteiger partial charge in [-0.25, -0.2) is 0 Å². The van der Waals surface area contributed by atoms with Crippen molar-refractivity contribution < 1.29 is 23.2 Å². The second kappa shape index (κ2) is 10.9. The molecule has 0 aliphatic heterocycles. The fourth-order valence-corrected chi connectivity index (χ4v) is 4.17. The van der Waals surface area contributed by atoms with Gasteiger partial charge < -0.3 is 24.2 Å². The van der Waals surface area contributed by atoms with Gasteiger partial charge in [-0.2, -0.15) is 0 Å². The van der Waals surface area contributed by atoms with Gasteiger partial charge in [0, 0.05) is 28.8 Å². The van der Waals surface area contributed by atoms with Crippen LogP contribution in [0.1, 0.15) is 16.3 Å². The molecule has 2 heterocycles. The van der Waals surface area contributed by atoms with E-state index in [-0.39, 0.29) is 11.7 Å². The number of rotatable bonds is 7. The molecule has 0 fully saturated rings. The SMILES string of the molecule is COc1cc(NC(=O)C=Cc2ccc(-c3cccc(Cl)c3Cl)o2)ccc1NC(=O)c1cc2ccccc2o1. The molecule has 0 spiro atoms. The summed E-state index contributed by atoms with van der Waals surface area (Å²) in [5.74, 6) is 0.732. The Morgan fingerprint density at radius 1 is 0.895 bits per heavy atom. The van der Waals surface area contributed by atoms with Gasteiger partial charge in [-0.3, -0.25) is 9.59 Å². The van der Waals surface area contributed by atoms with Crippen molar-refractivity contribution in [1.82, 2.24) is 0 Å². The standard InChI is InChI=1S/C29H20Cl2N2O5/c1-36-25-16-18(9-12-22(25)33-29(35)26-15-17-5-2-3-8-23(17)38-26)32-27(34)14-11-19-10-13-24(37-19)20-6-4-7-21(30)28(20)31/h2-16H,1H3,(H,32,34)(H,33,35). The lowest BCUT2D eigenvalue weighted by atomic mass is 10.2. The monoisotopic (exact) mass is 546 g/mol. The number of methoxy groups -OCH3 is 1. The summed E-state index contributed by atoms with van der Waals surface area (Å²) in [6, 6.07) is 22.6. The van der Waals surface area contributed by atoms with E-state index < -0.39 is 5.91 Å². The first kappa shape index (κ1) is 25.2. The molecule has 5 rings (SSSR count). The molecule has 0 unspecified atom stereocenters. The quantitative estimate of drug-likeness (QED) is 0.202. The van der Waals surface area contributed by atoms with Gasteiger partial charge in [-0.15, -0.1) is 0 Å². The van der Waals surface area contributed by atoms with E-state index in [0.29, 0.717) is 49.8 Å². The summed E-state index contributed by atoms with van der Waals surface area (Å²) >= 11 is 12.3. The molecular formula is C29H20Cl2N2O5. The van der Waals surface area contributed by atoms with Crippen molar-refractivity contribution in [3.8, 4) is 17.1 Å². The number of ether oxygens (including phenoxy) is 1. The van der Waals surface area contributed by atoms with Crippen LogP contribution in [0.5, 0.6) is 5.75 Å². The van der Waals surface area contributed by atoms with Crippen molar-refractivity contribution in [3.05, 3.63) is 107 Å². The van der Waals surface area contributed by atoms with Crippen LogP contribution in [-0.4, -0.2) is 18.9 Å². The average molecular weight is 547 g/mol. The van der Waals surface area contributed by atoms with Crippen LogP contribution in [0.3, 0.4) is 0 Å². The van der Waals surface area contributed by atoms with Crippen LogP contribution >= 0.6 is 23.2 Å². The second-order valence-electron chi connectivity index (χ2n) is 8.14. The van der Waals surface area contributed by atoms with E-state index in [1.807, 2.05) is 18.2 Å². The lowest BCUT2D eigenvalue weighted by Crippen LogP contribution is -2.12. The molecule has 3 aromatic carbocycles. The highest BCUT2D eigenvalue weighted by Crippen LogP contribution is 2.34. The van der Waals surface area contributed by atoms with E-state index in [4.69, 9.17) is 36.8 Å². The topological polar surface area (TPSA) is 93.7 Å². The molecule has 7 nitrogen and oxygen atoms in total. The summed E-state index contributed by atoms with van der Waals surface area (Å²) in [6.07, 6.45) is 2.88. The average Bonchev–Trinajstić information content (AvgIpc) is 3.57. The van der Waals surface area contributed by atoms with E-state index in [2.05, 4.69) is 10.6 Å². The summed E-state index contributed by atoms with van der Waals surface area (Å²) in [6.45, 7) is 0. The summed E-state index contributed by atoms with van der Waals surface area (Å²) in [5, 5.41) is 7.17. The third-order valence-electron chi connectivity index (χ3n) is 5.61. The van der Waals surface area contributed by atoms with Gasteiger partial charge in [0.05, 0.1) is 22.8 Å². The zero-order valence-electron chi connectivity index (χ0n) is 20.0. The Kier molecular flexibility index (Phi) is 7.22. The first-order valence-corrected chi connectivity index (χ1v) is 12.2. The van der Waals surface area contributed by atoms with Gasteiger partial charge in [-0.1, -0.05) is 47.5 Å². The minimum Gasteiger partial charge on any atom is -0.494 e. The van der Waals surface area contributed by atoms with Crippen LogP contribution in [0.2, 0.25) is 10.0 Å². The van der Waals surface area contributed by atoms with Gasteiger partial charge in [0.1, 0.15) is 22.9 Å². The molecule has 2 N–H and O–H groups in total. The largest absolute Gasteiger partial charge is 0.494 e. The fourth-order valence-electron chi connectivity index (χ4n) is 3.77. The normalized spacial score (nSPS) is 11.1. The molecule has 0 radical (unpaired) electrons. The Labute approximate surface area is 227 Å². The van der Waals surface area contributed by atoms with E-state index in [1.165, 1.54) is 19.3 Å². The summed E-state index contributed by atoms with van der Waals surface area (Å²) < 4.78 is 16.8. The number of hydrogen-bond acceptors (Lipinski definition) is 5. The highest BCUT2D eigenvalue weighted by Gasteiger charge is 2.15. The van der Waals surface area contributed by atoms with Crippen molar-refractivity contribution >= 4 is 63.4 Å². The number of para-hydroxylation sites is 1. The number of halogens is 2. The number of carbonyl (C=O) groups is 2. The number of fused-ring (bicyclic) bond motifs is 1. The van der Waals surface area contributed by atoms with Gasteiger partial charge in [0.2, 0.25) is 5.91 Å². The minimum absolute atomic E-state index is 0.175. The molecule has 0 saturated heterocycles. The maximum Gasteiger partial charge on any atom is 0.291 e. The lowest BCUT2D eigenvalue weighted by molar-refractivity contribution is -0.111. The Balaban J connectivity index is 1.24. The number of benzene rings is 3. The van der Waals surface area contributed by atoms with Crippen LogP contribution in [0.25, 0.3) is 28.4 Å². The molecule has 5 aromatic rings.